The molecule has 0 aromatic carbocycles. The second-order valence-corrected chi connectivity index (χ2v) is 18.9. The summed E-state index contributed by atoms with van der Waals surface area (Å²) in [5.74, 6) is 0. The van der Waals surface area contributed by atoms with Crippen molar-refractivity contribution in [2.24, 2.45) is 0 Å². The molecule has 0 rings (SSSR count). The van der Waals surface area contributed by atoms with E-state index in [0.717, 1.165) is 51.2 Å². The fraction of sp³-hybridized carbons (Fsp3) is 1.00. The van der Waals surface area contributed by atoms with Gasteiger partial charge in [-0.1, -0.05) is 90.4 Å². The van der Waals surface area contributed by atoms with Crippen molar-refractivity contribution >= 4 is 17.6 Å². The molecule has 0 fully saturated rings. The van der Waals surface area contributed by atoms with Crippen LogP contribution in [0.2, 0.25) is 12.1 Å². The van der Waals surface area contributed by atoms with Crippen LogP contribution in [0.3, 0.4) is 0 Å². The molecule has 0 aromatic rings. The van der Waals surface area contributed by atoms with Crippen LogP contribution >= 0.6 is 0 Å². The summed E-state index contributed by atoms with van der Waals surface area (Å²) >= 11 is 0. The van der Waals surface area contributed by atoms with Gasteiger partial charge >= 0.3 is 17.6 Å². The molecule has 1 atom stereocenters. The lowest BCUT2D eigenvalue weighted by atomic mass is 10.0. The van der Waals surface area contributed by atoms with Crippen LogP contribution in [0.25, 0.3) is 0 Å². The average Bonchev–Trinajstić information content (AvgIpc) is 3.07. The van der Waals surface area contributed by atoms with Gasteiger partial charge in [0, 0.05) is 58.3 Å². The Morgan fingerprint density at radius 3 is 1.12 bits per heavy atom. The van der Waals surface area contributed by atoms with Crippen molar-refractivity contribution in [3.05, 3.63) is 0 Å². The minimum Gasteiger partial charge on any atom is -0.379 e. The van der Waals surface area contributed by atoms with E-state index in [1.807, 2.05) is 41.5 Å². The summed E-state index contributed by atoms with van der Waals surface area (Å²) in [6.07, 6.45) is 23.8. The summed E-state index contributed by atoms with van der Waals surface area (Å²) in [5.41, 5.74) is 0. The molecule has 0 amide bonds. The van der Waals surface area contributed by atoms with Gasteiger partial charge in [-0.2, -0.15) is 0 Å². The maximum Gasteiger partial charge on any atom is 0.500 e. The van der Waals surface area contributed by atoms with Crippen LogP contribution in [0.4, 0.5) is 0 Å². The third-order valence-electron chi connectivity index (χ3n) is 9.09. The lowest BCUT2D eigenvalue weighted by Crippen LogP contribution is -2.47. The molecular formula is C39H85NO7Si2. The maximum absolute atomic E-state index is 6.13. The molecule has 0 spiro atoms. The molecule has 0 heterocycles. The molecule has 0 saturated carbocycles. The zero-order valence-corrected chi connectivity index (χ0v) is 36.1. The fourth-order valence-corrected chi connectivity index (χ4v) is 11.8. The Balaban J connectivity index is 4.49. The van der Waals surface area contributed by atoms with Gasteiger partial charge in [0.05, 0.1) is 6.10 Å². The van der Waals surface area contributed by atoms with Gasteiger partial charge in [-0.3, -0.25) is 0 Å². The topological polar surface area (TPSA) is 67.9 Å². The van der Waals surface area contributed by atoms with Crippen molar-refractivity contribution in [2.75, 3.05) is 65.9 Å². The van der Waals surface area contributed by atoms with E-state index < -0.39 is 17.6 Å². The highest BCUT2D eigenvalue weighted by Crippen LogP contribution is 2.21. The number of hydrogen-bond donors (Lipinski definition) is 0. The molecule has 0 bridgehead atoms. The van der Waals surface area contributed by atoms with Crippen molar-refractivity contribution in [3.8, 4) is 0 Å². The third-order valence-corrected chi connectivity index (χ3v) is 15.4. The predicted molar refractivity (Wildman–Crippen MR) is 212 cm³/mol. The zero-order valence-electron chi connectivity index (χ0n) is 34.1. The van der Waals surface area contributed by atoms with Gasteiger partial charge in [-0.15, -0.1) is 0 Å². The summed E-state index contributed by atoms with van der Waals surface area (Å²) in [7, 11) is -5.25. The Bertz CT molecular complexity index is 613. The molecule has 0 saturated heterocycles. The largest absolute Gasteiger partial charge is 0.500 e. The first-order valence-electron chi connectivity index (χ1n) is 21.1. The first kappa shape index (κ1) is 49.1. The Kier molecular flexibility index (Phi) is 35.2. The van der Waals surface area contributed by atoms with E-state index in [-0.39, 0.29) is 0 Å². The van der Waals surface area contributed by atoms with Crippen molar-refractivity contribution in [2.45, 2.75) is 189 Å². The fourth-order valence-electron chi connectivity index (χ4n) is 6.63. The Hall–Kier alpha value is 0.114. The molecule has 1 unspecified atom stereocenters. The third kappa shape index (κ3) is 27.4. The van der Waals surface area contributed by atoms with Crippen molar-refractivity contribution in [3.63, 3.8) is 0 Å². The Labute approximate surface area is 308 Å². The van der Waals surface area contributed by atoms with Gasteiger partial charge in [-0.05, 0) is 100 Å². The van der Waals surface area contributed by atoms with Gasteiger partial charge in [0.15, 0.2) is 0 Å². The smallest absolute Gasteiger partial charge is 0.379 e. The van der Waals surface area contributed by atoms with Gasteiger partial charge in [-0.25, -0.2) is 0 Å². The molecule has 0 aromatic heterocycles. The number of ether oxygens (including phenoxy) is 1. The van der Waals surface area contributed by atoms with E-state index in [2.05, 4.69) is 18.7 Å². The van der Waals surface area contributed by atoms with E-state index in [1.165, 1.54) is 103 Å². The van der Waals surface area contributed by atoms with Crippen LogP contribution in [-0.4, -0.2) is 94.5 Å². The molecule has 0 radical (unpaired) electrons. The first-order valence-corrected chi connectivity index (χ1v) is 24.9. The van der Waals surface area contributed by atoms with Crippen LogP contribution < -0.4 is 0 Å². The molecule has 10 heteroatoms. The van der Waals surface area contributed by atoms with Crippen LogP contribution in [-0.2, 0) is 31.3 Å². The molecule has 0 aliphatic heterocycles. The minimum absolute atomic E-state index is 0.433. The summed E-state index contributed by atoms with van der Waals surface area (Å²) in [4.78, 5) is 2.63. The molecule has 296 valence electrons. The molecule has 49 heavy (non-hydrogen) atoms. The normalized spacial score (nSPS) is 13.2. The molecule has 0 aliphatic carbocycles. The summed E-state index contributed by atoms with van der Waals surface area (Å²) < 4.78 is 42.7. The van der Waals surface area contributed by atoms with E-state index >= 15 is 0 Å². The highest BCUT2D eigenvalue weighted by atomic mass is 28.4. The number of hydrogen-bond acceptors (Lipinski definition) is 8. The minimum atomic E-state index is -2.62. The van der Waals surface area contributed by atoms with Crippen molar-refractivity contribution in [1.82, 2.24) is 4.90 Å². The predicted octanol–water partition coefficient (Wildman–Crippen LogP) is 10.8. The van der Waals surface area contributed by atoms with Gasteiger partial charge in [0.1, 0.15) is 0 Å². The molecule has 8 nitrogen and oxygen atoms in total. The summed E-state index contributed by atoms with van der Waals surface area (Å²) in [6, 6.07) is 1.73. The zero-order chi connectivity index (χ0) is 36.3. The highest BCUT2D eigenvalue weighted by Gasteiger charge is 2.41. The quantitative estimate of drug-likeness (QED) is 0.0455. The summed E-state index contributed by atoms with van der Waals surface area (Å²) in [5, 5.41) is 0. The van der Waals surface area contributed by atoms with Crippen LogP contribution in [0.1, 0.15) is 171 Å². The van der Waals surface area contributed by atoms with Crippen LogP contribution in [0, 0.1) is 0 Å². The van der Waals surface area contributed by atoms with Crippen LogP contribution in [0.15, 0.2) is 0 Å². The van der Waals surface area contributed by atoms with Gasteiger partial charge < -0.3 is 36.2 Å². The average molecular weight is 736 g/mol. The van der Waals surface area contributed by atoms with E-state index in [1.54, 1.807) is 0 Å². The van der Waals surface area contributed by atoms with Crippen molar-refractivity contribution < 1.29 is 31.3 Å². The summed E-state index contributed by atoms with van der Waals surface area (Å²) in [6.45, 7) is 24.6. The Morgan fingerprint density at radius 1 is 0.408 bits per heavy atom. The van der Waals surface area contributed by atoms with Crippen molar-refractivity contribution in [1.29, 1.82) is 0 Å². The van der Waals surface area contributed by atoms with E-state index in [4.69, 9.17) is 31.3 Å². The number of nitrogens with zero attached hydrogens (tertiary/aromatic N) is 1. The standard InChI is InChI=1S/C39H85NO7Si2/c1-9-16-29-36-41-39(8)32-27-25-23-21-19-17-18-20-22-24-26-28-33-40(34-30-37-48(42-10-2,43-11-3)44-12-4)35-31-38-49(45-13-5,46-14-6)47-15-7/h39H,9-38H2,1-8H3. The Morgan fingerprint density at radius 2 is 0.755 bits per heavy atom. The SMILES string of the molecule is CCCCCOC(C)CCCCCCCCCCCCCCN(CCC[Si](OCC)(OCC)OCC)CCC[Si](OCC)(OCC)OCC. The number of unbranched alkanes of at least 4 members (excludes halogenated alkanes) is 13. The lowest BCUT2D eigenvalue weighted by molar-refractivity contribution is 0.0559. The van der Waals surface area contributed by atoms with Crippen LogP contribution in [0.5, 0.6) is 0 Å². The molecule has 0 N–H and O–H groups in total. The first-order chi connectivity index (χ1) is 23.9. The second kappa shape index (κ2) is 35.2. The maximum atomic E-state index is 6.13. The van der Waals surface area contributed by atoms with E-state index in [0.29, 0.717) is 45.7 Å². The second-order valence-electron chi connectivity index (χ2n) is 13.4. The van der Waals surface area contributed by atoms with Gasteiger partial charge in [0.2, 0.25) is 0 Å². The molecule has 0 aliphatic rings. The lowest BCUT2D eigenvalue weighted by Gasteiger charge is -2.31. The highest BCUT2D eigenvalue weighted by molar-refractivity contribution is 6.61. The van der Waals surface area contributed by atoms with Gasteiger partial charge in [0.25, 0.3) is 0 Å². The number of rotatable bonds is 40. The monoisotopic (exact) mass is 736 g/mol. The van der Waals surface area contributed by atoms with E-state index in [9.17, 15) is 0 Å². The molecular weight excluding hydrogens is 651 g/mol.